The number of nitrogens with zero attached hydrogens (tertiary/aromatic N) is 2. The van der Waals surface area contributed by atoms with Gasteiger partial charge in [0, 0.05) is 31.8 Å². The molecule has 0 aliphatic carbocycles. The second-order valence-electron chi connectivity index (χ2n) is 4.39. The molecule has 2 amide bonds. The third-order valence-corrected chi connectivity index (χ3v) is 4.03. The molecule has 2 aliphatic heterocycles. The van der Waals surface area contributed by atoms with E-state index >= 15 is 0 Å². The normalized spacial score (nSPS) is 23.8. The molecule has 0 spiro atoms. The van der Waals surface area contributed by atoms with Gasteiger partial charge in [0.2, 0.25) is 5.91 Å². The van der Waals surface area contributed by atoms with Crippen LogP contribution in [0, 0.1) is 0 Å². The summed E-state index contributed by atoms with van der Waals surface area (Å²) in [5.41, 5.74) is 0. The van der Waals surface area contributed by atoms with Crippen LogP contribution in [0.4, 0.5) is 4.79 Å². The SMILES string of the molecule is O=C(O)C1CN(C(=O)CCN2CCSC2=O)CCO1. The topological polar surface area (TPSA) is 87.2 Å². The number of rotatable bonds is 4. The smallest absolute Gasteiger partial charge is 0.334 e. The molecule has 2 fully saturated rings. The predicted molar refractivity (Wildman–Crippen MR) is 68.0 cm³/mol. The number of ether oxygens (including phenoxy) is 1. The largest absolute Gasteiger partial charge is 0.479 e. The third kappa shape index (κ3) is 3.60. The molecule has 0 aromatic carbocycles. The zero-order chi connectivity index (χ0) is 13.8. The van der Waals surface area contributed by atoms with E-state index in [1.54, 1.807) is 4.90 Å². The molecule has 0 bridgehead atoms. The van der Waals surface area contributed by atoms with Gasteiger partial charge in [0.05, 0.1) is 13.2 Å². The number of amides is 2. The summed E-state index contributed by atoms with van der Waals surface area (Å²) < 4.78 is 5.05. The van der Waals surface area contributed by atoms with E-state index in [-0.39, 0.29) is 30.7 Å². The van der Waals surface area contributed by atoms with E-state index in [9.17, 15) is 14.4 Å². The fraction of sp³-hybridized carbons (Fsp3) is 0.727. The molecule has 2 rings (SSSR count). The Morgan fingerprint density at radius 2 is 2.21 bits per heavy atom. The van der Waals surface area contributed by atoms with Crippen molar-refractivity contribution in [3.8, 4) is 0 Å². The Morgan fingerprint density at radius 1 is 1.42 bits per heavy atom. The van der Waals surface area contributed by atoms with Crippen LogP contribution >= 0.6 is 11.8 Å². The molecule has 106 valence electrons. The summed E-state index contributed by atoms with van der Waals surface area (Å²) in [5.74, 6) is -0.408. The van der Waals surface area contributed by atoms with Gasteiger partial charge in [0.1, 0.15) is 0 Å². The molecule has 1 unspecified atom stereocenters. The van der Waals surface area contributed by atoms with Crippen LogP contribution in [0.5, 0.6) is 0 Å². The molecule has 0 radical (unpaired) electrons. The lowest BCUT2D eigenvalue weighted by Gasteiger charge is -2.31. The van der Waals surface area contributed by atoms with E-state index in [0.29, 0.717) is 19.6 Å². The van der Waals surface area contributed by atoms with Gasteiger partial charge in [-0.25, -0.2) is 4.79 Å². The Hall–Kier alpha value is -1.28. The first-order valence-corrected chi connectivity index (χ1v) is 7.10. The van der Waals surface area contributed by atoms with Crippen LogP contribution in [0.3, 0.4) is 0 Å². The number of carbonyl (C=O) groups is 3. The number of aliphatic carboxylic acids is 1. The molecule has 2 heterocycles. The summed E-state index contributed by atoms with van der Waals surface area (Å²) in [5, 5.41) is 8.87. The minimum Gasteiger partial charge on any atom is -0.479 e. The zero-order valence-electron chi connectivity index (χ0n) is 10.4. The number of hydrogen-bond acceptors (Lipinski definition) is 5. The Kier molecular flexibility index (Phi) is 4.65. The zero-order valence-corrected chi connectivity index (χ0v) is 11.2. The Balaban J connectivity index is 1.79. The van der Waals surface area contributed by atoms with Crippen LogP contribution in [-0.4, -0.2) is 76.7 Å². The van der Waals surface area contributed by atoms with Crippen LogP contribution in [-0.2, 0) is 14.3 Å². The summed E-state index contributed by atoms with van der Waals surface area (Å²) in [6.07, 6.45) is -0.708. The lowest BCUT2D eigenvalue weighted by molar-refractivity contribution is -0.159. The maximum atomic E-state index is 12.0. The highest BCUT2D eigenvalue weighted by Gasteiger charge is 2.29. The second-order valence-corrected chi connectivity index (χ2v) is 5.44. The first-order valence-electron chi connectivity index (χ1n) is 6.12. The molecule has 0 saturated carbocycles. The van der Waals surface area contributed by atoms with Crippen molar-refractivity contribution in [1.29, 1.82) is 0 Å². The summed E-state index contributed by atoms with van der Waals surface area (Å²) >= 11 is 1.26. The van der Waals surface area contributed by atoms with E-state index in [0.717, 1.165) is 5.75 Å². The van der Waals surface area contributed by atoms with E-state index in [2.05, 4.69) is 0 Å². The van der Waals surface area contributed by atoms with Crippen molar-refractivity contribution in [3.05, 3.63) is 0 Å². The molecule has 7 nitrogen and oxygen atoms in total. The van der Waals surface area contributed by atoms with Gasteiger partial charge in [-0.1, -0.05) is 11.8 Å². The molecule has 8 heteroatoms. The number of carboxylic acid groups (broad SMARTS) is 1. The number of morpholine rings is 1. The van der Waals surface area contributed by atoms with Crippen molar-refractivity contribution < 1.29 is 24.2 Å². The van der Waals surface area contributed by atoms with Crippen molar-refractivity contribution in [2.24, 2.45) is 0 Å². The monoisotopic (exact) mass is 288 g/mol. The molecule has 2 aliphatic rings. The van der Waals surface area contributed by atoms with Crippen molar-refractivity contribution in [3.63, 3.8) is 0 Å². The molecular weight excluding hydrogens is 272 g/mol. The second kappa shape index (κ2) is 6.25. The molecule has 2 saturated heterocycles. The minimum atomic E-state index is -1.05. The van der Waals surface area contributed by atoms with E-state index in [4.69, 9.17) is 9.84 Å². The van der Waals surface area contributed by atoms with Gasteiger partial charge in [-0.05, 0) is 0 Å². The maximum Gasteiger partial charge on any atom is 0.334 e. The quantitative estimate of drug-likeness (QED) is 0.774. The highest BCUT2D eigenvalue weighted by atomic mass is 32.2. The van der Waals surface area contributed by atoms with Crippen molar-refractivity contribution in [2.45, 2.75) is 12.5 Å². The van der Waals surface area contributed by atoms with E-state index in [1.165, 1.54) is 16.7 Å². The van der Waals surface area contributed by atoms with Gasteiger partial charge in [-0.2, -0.15) is 0 Å². The van der Waals surface area contributed by atoms with Gasteiger partial charge in [-0.3, -0.25) is 9.59 Å². The van der Waals surface area contributed by atoms with Crippen LogP contribution in [0.15, 0.2) is 0 Å². The molecule has 0 aromatic rings. The number of carbonyl (C=O) groups excluding carboxylic acids is 2. The average Bonchev–Trinajstić information content (AvgIpc) is 2.81. The predicted octanol–water partition coefficient (Wildman–Crippen LogP) is -0.143. The van der Waals surface area contributed by atoms with Crippen molar-refractivity contribution in [2.75, 3.05) is 38.5 Å². The Bertz CT molecular complexity index is 389. The average molecular weight is 288 g/mol. The van der Waals surface area contributed by atoms with Crippen molar-refractivity contribution in [1.82, 2.24) is 9.80 Å². The summed E-state index contributed by atoms with van der Waals surface area (Å²) in [7, 11) is 0. The Morgan fingerprint density at radius 3 is 2.84 bits per heavy atom. The molecule has 1 N–H and O–H groups in total. The van der Waals surface area contributed by atoms with Crippen LogP contribution < -0.4 is 0 Å². The van der Waals surface area contributed by atoms with Gasteiger partial charge < -0.3 is 19.6 Å². The Labute approximate surface area is 114 Å². The van der Waals surface area contributed by atoms with E-state index < -0.39 is 12.1 Å². The first kappa shape index (κ1) is 14.1. The standard InChI is InChI=1S/C11H16N2O5S/c14-9(1-2-12-4-6-19-11(12)17)13-3-5-18-8(7-13)10(15)16/h8H,1-7H2,(H,15,16). The summed E-state index contributed by atoms with van der Waals surface area (Å²) in [4.78, 5) is 37.3. The minimum absolute atomic E-state index is 0.0122. The molecule has 0 aromatic heterocycles. The number of hydrogen-bond donors (Lipinski definition) is 1. The molecule has 19 heavy (non-hydrogen) atoms. The fourth-order valence-electron chi connectivity index (χ4n) is 2.04. The van der Waals surface area contributed by atoms with Gasteiger partial charge in [0.15, 0.2) is 6.10 Å². The van der Waals surface area contributed by atoms with Gasteiger partial charge in [-0.15, -0.1) is 0 Å². The fourth-order valence-corrected chi connectivity index (χ4v) is 2.89. The first-order chi connectivity index (χ1) is 9.08. The third-order valence-electron chi connectivity index (χ3n) is 3.14. The lowest BCUT2D eigenvalue weighted by Crippen LogP contribution is -2.49. The van der Waals surface area contributed by atoms with Gasteiger partial charge >= 0.3 is 5.97 Å². The highest BCUT2D eigenvalue weighted by Crippen LogP contribution is 2.17. The highest BCUT2D eigenvalue weighted by molar-refractivity contribution is 8.13. The van der Waals surface area contributed by atoms with Crippen LogP contribution in [0.1, 0.15) is 6.42 Å². The van der Waals surface area contributed by atoms with Crippen molar-refractivity contribution >= 4 is 28.9 Å². The number of thioether (sulfide) groups is 1. The maximum absolute atomic E-state index is 12.0. The summed E-state index contributed by atoms with van der Waals surface area (Å²) in [6.45, 7) is 1.81. The lowest BCUT2D eigenvalue weighted by atomic mass is 10.2. The van der Waals surface area contributed by atoms with Crippen LogP contribution in [0.25, 0.3) is 0 Å². The van der Waals surface area contributed by atoms with Crippen LogP contribution in [0.2, 0.25) is 0 Å². The van der Waals surface area contributed by atoms with Gasteiger partial charge in [0.25, 0.3) is 5.24 Å². The number of carboxylic acids is 1. The molecule has 1 atom stereocenters. The molecular formula is C11H16N2O5S. The van der Waals surface area contributed by atoms with E-state index in [1.807, 2.05) is 0 Å². The summed E-state index contributed by atoms with van der Waals surface area (Å²) in [6, 6.07) is 0.